The van der Waals surface area contributed by atoms with Crippen LogP contribution >= 0.6 is 23.5 Å². The van der Waals surface area contributed by atoms with Crippen molar-refractivity contribution in [3.8, 4) is 0 Å². The summed E-state index contributed by atoms with van der Waals surface area (Å²) in [5, 5.41) is 3.04. The van der Waals surface area contributed by atoms with Gasteiger partial charge in [0.15, 0.2) is 0 Å². The van der Waals surface area contributed by atoms with Gasteiger partial charge in [0, 0.05) is 23.1 Å². The van der Waals surface area contributed by atoms with E-state index in [4.69, 9.17) is 0 Å². The predicted octanol–water partition coefficient (Wildman–Crippen LogP) is 3.76. The number of amides is 1. The van der Waals surface area contributed by atoms with Crippen molar-refractivity contribution in [1.82, 2.24) is 0 Å². The Balaban J connectivity index is 1.68. The Morgan fingerprint density at radius 2 is 2.06 bits per heavy atom. The van der Waals surface area contributed by atoms with Gasteiger partial charge in [-0.15, -0.1) is 23.5 Å². The normalized spacial score (nSPS) is 27.2. The van der Waals surface area contributed by atoms with E-state index in [1.165, 1.54) is 17.1 Å². The van der Waals surface area contributed by atoms with Gasteiger partial charge in [-0.2, -0.15) is 0 Å². The quantitative estimate of drug-likeness (QED) is 0.913. The predicted molar refractivity (Wildman–Crippen MR) is 80.0 cm³/mol. The number of anilines is 1. The average molecular weight is 279 g/mol. The zero-order chi connectivity index (χ0) is 12.5. The van der Waals surface area contributed by atoms with Crippen molar-refractivity contribution in [2.24, 2.45) is 11.8 Å². The number of thioether (sulfide) groups is 2. The van der Waals surface area contributed by atoms with E-state index in [2.05, 4.69) is 24.4 Å². The number of nitrogens with one attached hydrogen (secondary N) is 1. The third kappa shape index (κ3) is 2.69. The molecule has 1 aromatic rings. The molecule has 1 amide bonds. The maximum atomic E-state index is 11.9. The maximum Gasteiger partial charge on any atom is 0.227 e. The van der Waals surface area contributed by atoms with Gasteiger partial charge in [-0.1, -0.05) is 19.1 Å². The molecule has 1 aliphatic carbocycles. The Bertz CT molecular complexity index is 457. The van der Waals surface area contributed by atoms with Gasteiger partial charge < -0.3 is 5.32 Å². The highest BCUT2D eigenvalue weighted by molar-refractivity contribution is 8.19. The minimum atomic E-state index is 0.186. The van der Waals surface area contributed by atoms with Crippen LogP contribution in [0.5, 0.6) is 0 Å². The van der Waals surface area contributed by atoms with Crippen LogP contribution in [0.3, 0.4) is 0 Å². The van der Waals surface area contributed by atoms with Gasteiger partial charge in [0.1, 0.15) is 0 Å². The molecule has 1 saturated heterocycles. The molecule has 1 N–H and O–H groups in total. The highest BCUT2D eigenvalue weighted by atomic mass is 32.2. The maximum absolute atomic E-state index is 11.9. The van der Waals surface area contributed by atoms with Crippen LogP contribution in [0.1, 0.15) is 23.5 Å². The van der Waals surface area contributed by atoms with Crippen molar-refractivity contribution in [3.63, 3.8) is 0 Å². The number of carbonyl (C=O) groups is 1. The van der Waals surface area contributed by atoms with E-state index in [0.29, 0.717) is 10.5 Å². The zero-order valence-electron chi connectivity index (χ0n) is 10.4. The van der Waals surface area contributed by atoms with Gasteiger partial charge in [0.25, 0.3) is 0 Å². The van der Waals surface area contributed by atoms with Crippen LogP contribution in [0.25, 0.3) is 0 Å². The Labute approximate surface area is 116 Å². The van der Waals surface area contributed by atoms with Gasteiger partial charge in [-0.05, 0) is 30.0 Å². The second-order valence-corrected chi connectivity index (χ2v) is 7.73. The van der Waals surface area contributed by atoms with Crippen LogP contribution in [-0.2, 0) is 4.79 Å². The highest BCUT2D eigenvalue weighted by Crippen LogP contribution is 2.45. The molecule has 2 unspecified atom stereocenters. The molecule has 0 aromatic heterocycles. The molecular formula is C14H17NOS2. The van der Waals surface area contributed by atoms with E-state index in [9.17, 15) is 4.79 Å². The summed E-state index contributed by atoms with van der Waals surface area (Å²) in [7, 11) is 0. The summed E-state index contributed by atoms with van der Waals surface area (Å²) in [4.78, 5) is 11.9. The minimum absolute atomic E-state index is 0.186. The number of hydrogen-bond donors (Lipinski definition) is 1. The van der Waals surface area contributed by atoms with Crippen molar-refractivity contribution in [3.05, 3.63) is 29.8 Å². The first-order valence-corrected chi connectivity index (χ1v) is 8.48. The second kappa shape index (κ2) is 5.17. The summed E-state index contributed by atoms with van der Waals surface area (Å²) in [6, 6.07) is 8.31. The van der Waals surface area contributed by atoms with Crippen LogP contribution in [0.15, 0.2) is 24.3 Å². The molecule has 1 heterocycles. The molecule has 2 fully saturated rings. The highest BCUT2D eigenvalue weighted by Gasteiger charge is 2.39. The van der Waals surface area contributed by atoms with Gasteiger partial charge in [0.05, 0.1) is 4.58 Å². The SMILES string of the molecule is CC1CC1C(=O)Nc1cccc(C2SCCS2)c1. The van der Waals surface area contributed by atoms with Crippen molar-refractivity contribution < 1.29 is 4.79 Å². The molecule has 2 atom stereocenters. The lowest BCUT2D eigenvalue weighted by molar-refractivity contribution is -0.117. The third-order valence-corrected chi connectivity index (χ3v) is 6.60. The van der Waals surface area contributed by atoms with E-state index in [1.54, 1.807) is 0 Å². The molecule has 1 saturated carbocycles. The molecule has 2 nitrogen and oxygen atoms in total. The van der Waals surface area contributed by atoms with E-state index in [0.717, 1.165) is 12.1 Å². The fourth-order valence-corrected chi connectivity index (χ4v) is 5.07. The van der Waals surface area contributed by atoms with E-state index < -0.39 is 0 Å². The van der Waals surface area contributed by atoms with Crippen molar-refractivity contribution >= 4 is 35.1 Å². The Kier molecular flexibility index (Phi) is 3.57. The molecule has 0 bridgehead atoms. The molecule has 2 aliphatic rings. The minimum Gasteiger partial charge on any atom is -0.326 e. The van der Waals surface area contributed by atoms with Crippen LogP contribution in [0, 0.1) is 11.8 Å². The smallest absolute Gasteiger partial charge is 0.227 e. The van der Waals surface area contributed by atoms with E-state index in [1.807, 2.05) is 35.7 Å². The molecular weight excluding hydrogens is 262 g/mol. The summed E-state index contributed by atoms with van der Waals surface area (Å²) in [6.07, 6.45) is 1.04. The van der Waals surface area contributed by atoms with Gasteiger partial charge >= 0.3 is 0 Å². The fraction of sp³-hybridized carbons (Fsp3) is 0.500. The third-order valence-electron chi connectivity index (χ3n) is 3.49. The lowest BCUT2D eigenvalue weighted by Crippen LogP contribution is -2.14. The topological polar surface area (TPSA) is 29.1 Å². The average Bonchev–Trinajstić information content (AvgIpc) is 2.90. The molecule has 1 aliphatic heterocycles. The van der Waals surface area contributed by atoms with Crippen LogP contribution in [0.4, 0.5) is 5.69 Å². The number of benzene rings is 1. The molecule has 1 aromatic carbocycles. The summed E-state index contributed by atoms with van der Waals surface area (Å²) in [5.74, 6) is 3.45. The fourth-order valence-electron chi connectivity index (χ4n) is 2.24. The number of hydrogen-bond acceptors (Lipinski definition) is 3. The molecule has 18 heavy (non-hydrogen) atoms. The summed E-state index contributed by atoms with van der Waals surface area (Å²) >= 11 is 3.98. The lowest BCUT2D eigenvalue weighted by Gasteiger charge is -2.11. The standard InChI is InChI=1S/C14H17NOS2/c1-9-7-12(9)13(16)15-11-4-2-3-10(8-11)14-17-5-6-18-14/h2-4,8-9,12,14H,5-7H2,1H3,(H,15,16). The first-order chi connectivity index (χ1) is 8.74. The van der Waals surface area contributed by atoms with E-state index in [-0.39, 0.29) is 11.8 Å². The second-order valence-electron chi connectivity index (χ2n) is 5.01. The summed E-state index contributed by atoms with van der Waals surface area (Å²) in [5.41, 5.74) is 2.27. The molecule has 3 rings (SSSR count). The number of carbonyl (C=O) groups excluding carboxylic acids is 1. The molecule has 96 valence electrons. The van der Waals surface area contributed by atoms with Crippen molar-refractivity contribution in [1.29, 1.82) is 0 Å². The van der Waals surface area contributed by atoms with Crippen molar-refractivity contribution in [2.75, 3.05) is 16.8 Å². The van der Waals surface area contributed by atoms with Gasteiger partial charge in [-0.25, -0.2) is 0 Å². The first kappa shape index (κ1) is 12.4. The van der Waals surface area contributed by atoms with E-state index >= 15 is 0 Å². The zero-order valence-corrected chi connectivity index (χ0v) is 12.0. The number of rotatable bonds is 3. The molecule has 0 radical (unpaired) electrons. The summed E-state index contributed by atoms with van der Waals surface area (Å²) in [6.45, 7) is 2.13. The Morgan fingerprint density at radius 3 is 2.72 bits per heavy atom. The monoisotopic (exact) mass is 279 g/mol. The van der Waals surface area contributed by atoms with Crippen LogP contribution < -0.4 is 5.32 Å². The van der Waals surface area contributed by atoms with Gasteiger partial charge in [0.2, 0.25) is 5.91 Å². The first-order valence-electron chi connectivity index (χ1n) is 6.38. The Hall–Kier alpha value is -0.610. The molecule has 0 spiro atoms. The largest absolute Gasteiger partial charge is 0.326 e. The summed E-state index contributed by atoms with van der Waals surface area (Å²) < 4.78 is 0.543. The Morgan fingerprint density at radius 1 is 1.33 bits per heavy atom. The van der Waals surface area contributed by atoms with Crippen LogP contribution in [0.2, 0.25) is 0 Å². The van der Waals surface area contributed by atoms with Crippen LogP contribution in [-0.4, -0.2) is 17.4 Å². The molecule has 4 heteroatoms. The van der Waals surface area contributed by atoms with Crippen molar-refractivity contribution in [2.45, 2.75) is 17.9 Å². The lowest BCUT2D eigenvalue weighted by atomic mass is 10.2. The van der Waals surface area contributed by atoms with Gasteiger partial charge in [-0.3, -0.25) is 4.79 Å².